The summed E-state index contributed by atoms with van der Waals surface area (Å²) in [5.74, 6) is -0.521. The summed E-state index contributed by atoms with van der Waals surface area (Å²) < 4.78 is 118. The molecule has 0 saturated carbocycles. The summed E-state index contributed by atoms with van der Waals surface area (Å²) in [6, 6.07) is 0. The molecule has 0 bridgehead atoms. The van der Waals surface area contributed by atoms with E-state index in [2.05, 4.69) is 70.1 Å². The number of rotatable bonds is 35. The van der Waals surface area contributed by atoms with Gasteiger partial charge in [0, 0.05) is 69.2 Å². The summed E-state index contributed by atoms with van der Waals surface area (Å²) >= 11 is 33.6. The van der Waals surface area contributed by atoms with Crippen LogP contribution in [-0.4, -0.2) is 254 Å². The highest BCUT2D eigenvalue weighted by atomic mass is 32.5. The van der Waals surface area contributed by atoms with Crippen LogP contribution in [0.5, 0.6) is 0 Å². The molecular weight excluding hydrogens is 1920 g/mol. The number of carbonyl (C=O) groups excluding carboxylic acids is 1. The number of imidazole rings is 4. The van der Waals surface area contributed by atoms with Gasteiger partial charge in [-0.3, -0.25) is 43.1 Å². The first-order valence-electron chi connectivity index (χ1n) is 38.3. The molecule has 6 fully saturated rings. The molecule has 16 rings (SSSR count). The number of nitrogens with two attached hydrogens (primary N) is 6. The van der Waals surface area contributed by atoms with Gasteiger partial charge in [-0.1, -0.05) is 6.92 Å². The Balaban J connectivity index is 0.610. The lowest BCUT2D eigenvalue weighted by atomic mass is 10.1. The fraction of sp³-hybridized carbons (Fsp3) is 0.565. The van der Waals surface area contributed by atoms with Crippen LogP contribution in [0.15, 0.2) is 71.9 Å². The molecule has 65 heteroatoms. The van der Waals surface area contributed by atoms with Crippen molar-refractivity contribution >= 4 is 191 Å². The Labute approximate surface area is 746 Å². The number of fused-ring (bicyclic) bond motifs is 4. The van der Waals surface area contributed by atoms with Crippen LogP contribution in [0.1, 0.15) is 95.5 Å². The highest BCUT2D eigenvalue weighted by Gasteiger charge is 2.51. The van der Waals surface area contributed by atoms with Crippen LogP contribution < -0.4 is 51.0 Å². The first kappa shape index (κ1) is 94.0. The van der Waals surface area contributed by atoms with E-state index >= 15 is 0 Å². The molecule has 13 unspecified atom stereocenters. The SMILES string of the molecule is CC[C@H]1O[C@@H](n2cnc3c(N)ncnc32)CC1OP(O)(=S)OC[C@H]1O[C@@H](N2C=C(C)C(=O)NC2N)CC1OP(O)(=S)OC[C@H]1O[C@@H](n2cnc3c(=O)[nH]c(N)nc32)CC1OP(O)(=S)OC[C@H]1O[C@@H](n2cc(C)c(N)nc2=O)CC1OP(O)(=S)OC[C@H]1O[C@@H](n2cnc3c(N)ncnc32)CC1OP(O)(=S)OC[C@H]1O[C@@H](n2cnc3c(N)ncnc32)CC1OP(O)(=S)OC. The summed E-state index contributed by atoms with van der Waals surface area (Å²) in [4.78, 5) is 165. The van der Waals surface area contributed by atoms with Crippen LogP contribution in [-0.2, 0) is 158 Å². The fourth-order valence-electron chi connectivity index (χ4n) is 15.2. The van der Waals surface area contributed by atoms with Crippen LogP contribution >= 0.6 is 40.3 Å². The van der Waals surface area contributed by atoms with Crippen LogP contribution in [0.4, 0.5) is 29.2 Å². The van der Waals surface area contributed by atoms with Gasteiger partial charge in [-0.25, -0.2) is 54.6 Å². The molecule has 1 amide bonds. The van der Waals surface area contributed by atoms with Gasteiger partial charge in [0.1, 0.15) is 109 Å². The summed E-state index contributed by atoms with van der Waals surface area (Å²) in [7, 11) is 1.17. The summed E-state index contributed by atoms with van der Waals surface area (Å²) in [6.45, 7) is -24.6. The van der Waals surface area contributed by atoms with Crippen molar-refractivity contribution in [2.24, 2.45) is 5.73 Å². The number of carbonyl (C=O) groups is 1. The second-order valence-corrected chi connectivity index (χ2v) is 46.5. The van der Waals surface area contributed by atoms with E-state index in [1.54, 1.807) is 23.0 Å². The maximum absolute atomic E-state index is 13.6. The largest absolute Gasteiger partial charge is 0.383 e. The molecule has 9 aromatic heterocycles. The maximum atomic E-state index is 13.6. The van der Waals surface area contributed by atoms with Crippen molar-refractivity contribution in [3.8, 4) is 0 Å². The minimum atomic E-state index is -4.66. The molecule has 7 aliphatic heterocycles. The molecule has 7 aliphatic rings. The van der Waals surface area contributed by atoms with E-state index in [0.29, 0.717) is 28.8 Å². The lowest BCUT2D eigenvalue weighted by molar-refractivity contribution is -0.124. The van der Waals surface area contributed by atoms with Gasteiger partial charge in [0.2, 0.25) is 5.95 Å². The van der Waals surface area contributed by atoms with Gasteiger partial charge in [-0.15, -0.1) is 0 Å². The Hall–Kier alpha value is -6.21. The Bertz CT molecular complexity index is 6130. The van der Waals surface area contributed by atoms with E-state index < -0.39 is 207 Å². The summed E-state index contributed by atoms with van der Waals surface area (Å²) in [5, 5.41) is 2.64. The molecule has 20 N–H and O–H groups in total. The third-order valence-corrected chi connectivity index (χ3v) is 30.9. The van der Waals surface area contributed by atoms with Gasteiger partial charge in [-0.05, 0) is 91.1 Å². The first-order valence-corrected chi connectivity index (χ1v) is 53.9. The number of hydrogen-bond donors (Lipinski definition) is 14. The number of anilines is 5. The molecule has 0 radical (unpaired) electrons. The molecule has 9 aromatic rings. The van der Waals surface area contributed by atoms with Crippen molar-refractivity contribution in [1.82, 2.24) is 97.8 Å². The number of aryl methyl sites for hydroxylation is 1. The summed E-state index contributed by atoms with van der Waals surface area (Å²) in [5.41, 5.74) is 37.4. The van der Waals surface area contributed by atoms with E-state index in [1.165, 1.54) is 77.8 Å². The van der Waals surface area contributed by atoms with Crippen molar-refractivity contribution in [2.45, 2.75) is 183 Å². The molecule has 690 valence electrons. The predicted molar refractivity (Wildman–Crippen MR) is 462 cm³/mol. The molecule has 0 spiro atoms. The minimum absolute atomic E-state index is 0.0175. The van der Waals surface area contributed by atoms with Gasteiger partial charge in [0.25, 0.3) is 11.5 Å². The van der Waals surface area contributed by atoms with E-state index in [1.807, 2.05) is 6.92 Å². The normalized spacial score (nSPS) is 30.5. The number of amides is 1. The topological polar surface area (TPSA) is 705 Å². The Morgan fingerprint density at radius 2 is 0.756 bits per heavy atom. The fourth-order valence-corrected chi connectivity index (χ4v) is 23.6. The molecule has 0 aromatic carbocycles. The van der Waals surface area contributed by atoms with Crippen molar-refractivity contribution in [1.29, 1.82) is 0 Å². The number of nitrogen functional groups attached to an aromatic ring is 5. The smallest absolute Gasteiger partial charge is 0.351 e. The van der Waals surface area contributed by atoms with Gasteiger partial charge in [0.15, 0.2) is 51.8 Å². The van der Waals surface area contributed by atoms with Crippen LogP contribution in [0.3, 0.4) is 0 Å². The minimum Gasteiger partial charge on any atom is -0.383 e. The van der Waals surface area contributed by atoms with Gasteiger partial charge in [0.05, 0.1) is 101 Å². The number of nitrogens with zero attached hydrogens (tertiary/aromatic N) is 18. The zero-order valence-corrected chi connectivity index (χ0v) is 76.8. The van der Waals surface area contributed by atoms with Crippen LogP contribution in [0, 0.1) is 6.92 Å². The van der Waals surface area contributed by atoms with E-state index in [0.717, 1.165) is 4.57 Å². The molecule has 127 heavy (non-hydrogen) atoms. The summed E-state index contributed by atoms with van der Waals surface area (Å²) in [6.07, 6.45) is -9.60. The highest BCUT2D eigenvalue weighted by molar-refractivity contribution is 8.08. The van der Waals surface area contributed by atoms with Gasteiger partial charge in [-0.2, -0.15) is 9.97 Å². The number of aromatic nitrogens is 18. The lowest BCUT2D eigenvalue weighted by Gasteiger charge is -2.36. The average molecular weight is 2000 g/mol. The standard InChI is InChI=1S/C62H84N26O27P6S6/c1-5-28-29(6-42(104-28)85-22-75-46-51(64)69-19-72-54(46)85)111-117(93,123)99-15-36-31(7-40(105-36)83-13-27(3)58(89)82-61(83)68)112-118(94,124)103-18-39-34(11-45(109-39)88-25-78-49-57(88)80-60(67)81-59(49)90)115-121(97,127)101-16-37-32(8-41(106-37)84-12-26(2)50(63)79-62(84)91)113-119(95,125)102-17-38-33(10-44(108-38)87-24-77-48-53(66)71-21-74-56(48)87)114-120(96,126)100-14-35-30(110-116(92,122)98-4)9-43(107-35)86-23-76-47-52(65)70-20-73-55(47)86/h12-13,19-25,28-45,61H,5-11,14-18,68H2,1-4H3,(H,82,89)(H,92,122)(H,93,123)(H,94,124)(H,95,125)(H,96,126)(H,97,127)(H2,63,79,91)(H2,64,69,72)(H2,65,70,73)(H2,66,71,74)(H3,67,80,81,90)/t28-,29?,30?,31?,32?,33?,34?,35-,36-,37-,38-,39-,40-,41-,42-,43-,44-,45-,61?,116?,117?,118?,119?,120?,121?/m1/s1. The van der Waals surface area contributed by atoms with E-state index in [9.17, 15) is 43.7 Å². The zero-order chi connectivity index (χ0) is 90.3. The zero-order valence-electron chi connectivity index (χ0n) is 66.6. The third kappa shape index (κ3) is 21.1. The number of aromatic amines is 1. The monoisotopic (exact) mass is 2000 g/mol. The van der Waals surface area contributed by atoms with E-state index in [4.69, 9.17) is 188 Å². The molecular formula is C62H84N26O27P6S6. The number of ether oxygens (including phenoxy) is 6. The lowest BCUT2D eigenvalue weighted by Crippen LogP contribution is -2.58. The second kappa shape index (κ2) is 37.7. The molecule has 53 nitrogen and oxygen atoms in total. The van der Waals surface area contributed by atoms with Gasteiger partial charge < -0.3 is 151 Å². The third-order valence-electron chi connectivity index (χ3n) is 21.3. The Morgan fingerprint density at radius 1 is 0.433 bits per heavy atom. The second-order valence-electron chi connectivity index (χ2n) is 29.6. The molecule has 6 saturated heterocycles. The number of H-pyrrole nitrogens is 1. The molecule has 16 heterocycles. The van der Waals surface area contributed by atoms with Crippen LogP contribution in [0.2, 0.25) is 0 Å². The first-order chi connectivity index (χ1) is 60.2. The van der Waals surface area contributed by atoms with Crippen molar-refractivity contribution in [3.63, 3.8) is 0 Å². The van der Waals surface area contributed by atoms with Crippen molar-refractivity contribution in [3.05, 3.63) is 88.7 Å². The van der Waals surface area contributed by atoms with Gasteiger partial charge >= 0.3 is 46.0 Å². The molecule has 0 aliphatic carbocycles. The van der Waals surface area contributed by atoms with Crippen molar-refractivity contribution < 1.29 is 117 Å². The Morgan fingerprint density at radius 3 is 1.13 bits per heavy atom. The number of nitrogens with one attached hydrogen (secondary N) is 2. The highest BCUT2D eigenvalue weighted by Crippen LogP contribution is 2.58. The maximum Gasteiger partial charge on any atom is 0.351 e. The predicted octanol–water partition coefficient (Wildman–Crippen LogP) is 0.997. The average Bonchev–Trinajstić information content (AvgIpc) is 1.61. The quantitative estimate of drug-likeness (QED) is 0.0246. The van der Waals surface area contributed by atoms with E-state index in [-0.39, 0.29) is 101 Å². The number of hydrogen-bond acceptors (Lipinski definition) is 46. The van der Waals surface area contributed by atoms with Crippen molar-refractivity contribution in [2.75, 3.05) is 68.8 Å². The Kier molecular flexibility index (Phi) is 27.9. The molecule has 25 atom stereocenters. The van der Waals surface area contributed by atoms with Crippen LogP contribution in [0.25, 0.3) is 44.7 Å².